The van der Waals surface area contributed by atoms with E-state index in [0.29, 0.717) is 11.1 Å². The van der Waals surface area contributed by atoms with Crippen molar-refractivity contribution in [1.82, 2.24) is 0 Å². The normalized spacial score (nSPS) is 14.5. The Morgan fingerprint density at radius 1 is 1.50 bits per heavy atom. The van der Waals surface area contributed by atoms with Crippen LogP contribution in [0.4, 0.5) is 5.69 Å². The number of halogens is 1. The van der Waals surface area contributed by atoms with Gasteiger partial charge in [-0.05, 0) is 52.9 Å². The molecular weight excluding hydrogens is 298 g/mol. The Kier molecular flexibility index (Phi) is 4.60. The summed E-state index contributed by atoms with van der Waals surface area (Å²) >= 11 is 3.25. The molecule has 0 heterocycles. The van der Waals surface area contributed by atoms with Crippen molar-refractivity contribution in [1.29, 1.82) is 0 Å². The highest BCUT2D eigenvalue weighted by Gasteiger charge is 2.20. The number of benzene rings is 1. The van der Waals surface area contributed by atoms with E-state index in [1.807, 2.05) is 0 Å². The van der Waals surface area contributed by atoms with Crippen LogP contribution in [-0.2, 0) is 4.74 Å². The van der Waals surface area contributed by atoms with Crippen molar-refractivity contribution in [2.24, 2.45) is 5.92 Å². The summed E-state index contributed by atoms with van der Waals surface area (Å²) in [5.74, 6) is -0.143. The molecule has 0 saturated heterocycles. The lowest BCUT2D eigenvalue weighted by Gasteiger charge is -2.08. The number of anilines is 1. The molecule has 0 amide bonds. The van der Waals surface area contributed by atoms with Crippen LogP contribution in [0.5, 0.6) is 0 Å². The molecule has 98 valence electrons. The van der Waals surface area contributed by atoms with E-state index in [2.05, 4.69) is 21.2 Å². The molecule has 4 nitrogen and oxygen atoms in total. The third kappa shape index (κ3) is 3.99. The average Bonchev–Trinajstić information content (AvgIpc) is 3.12. The van der Waals surface area contributed by atoms with E-state index in [9.17, 15) is 4.79 Å². The van der Waals surface area contributed by atoms with Crippen molar-refractivity contribution in [2.75, 3.05) is 25.1 Å². The molecule has 0 spiro atoms. The van der Waals surface area contributed by atoms with Crippen LogP contribution in [0.3, 0.4) is 0 Å². The maximum atomic E-state index is 10.8. The van der Waals surface area contributed by atoms with Crippen LogP contribution in [0.25, 0.3) is 0 Å². The zero-order valence-corrected chi connectivity index (χ0v) is 11.6. The van der Waals surface area contributed by atoms with E-state index in [0.717, 1.165) is 24.8 Å². The molecular formula is C13H16BrNO3. The summed E-state index contributed by atoms with van der Waals surface area (Å²) in [6.45, 7) is 2.27. The molecule has 1 aromatic rings. The van der Waals surface area contributed by atoms with E-state index in [-0.39, 0.29) is 5.56 Å². The third-order valence-corrected chi connectivity index (χ3v) is 3.48. The summed E-state index contributed by atoms with van der Waals surface area (Å²) < 4.78 is 6.09. The fourth-order valence-electron chi connectivity index (χ4n) is 1.60. The molecule has 1 saturated carbocycles. The fraction of sp³-hybridized carbons (Fsp3) is 0.462. The lowest BCUT2D eigenvalue weighted by molar-refractivity contribution is 0.0696. The molecule has 1 fully saturated rings. The topological polar surface area (TPSA) is 58.6 Å². The molecule has 1 aliphatic rings. The van der Waals surface area contributed by atoms with Gasteiger partial charge in [0, 0.05) is 23.3 Å². The van der Waals surface area contributed by atoms with E-state index < -0.39 is 5.97 Å². The van der Waals surface area contributed by atoms with Crippen molar-refractivity contribution >= 4 is 27.6 Å². The number of carboxylic acid groups (broad SMARTS) is 1. The minimum absolute atomic E-state index is 0.269. The first kappa shape index (κ1) is 13.4. The zero-order chi connectivity index (χ0) is 13.0. The predicted molar refractivity (Wildman–Crippen MR) is 73.1 cm³/mol. The zero-order valence-electron chi connectivity index (χ0n) is 9.99. The van der Waals surface area contributed by atoms with Gasteiger partial charge in [-0.25, -0.2) is 4.79 Å². The second-order valence-corrected chi connectivity index (χ2v) is 5.30. The van der Waals surface area contributed by atoms with Crippen molar-refractivity contribution in [3.8, 4) is 0 Å². The van der Waals surface area contributed by atoms with Crippen LogP contribution in [0.15, 0.2) is 22.7 Å². The number of nitrogens with one attached hydrogen (secondary N) is 1. The third-order valence-electron chi connectivity index (χ3n) is 2.83. The molecule has 0 aliphatic heterocycles. The van der Waals surface area contributed by atoms with Crippen molar-refractivity contribution in [3.63, 3.8) is 0 Å². The van der Waals surface area contributed by atoms with E-state index in [1.165, 1.54) is 12.8 Å². The van der Waals surface area contributed by atoms with Crippen LogP contribution in [0.1, 0.15) is 23.2 Å². The number of rotatable bonds is 7. The molecule has 5 heteroatoms. The Morgan fingerprint density at radius 3 is 2.89 bits per heavy atom. The van der Waals surface area contributed by atoms with Gasteiger partial charge in [0.15, 0.2) is 0 Å². The maximum Gasteiger partial charge on any atom is 0.336 e. The van der Waals surface area contributed by atoms with Crippen LogP contribution in [-0.4, -0.2) is 30.8 Å². The van der Waals surface area contributed by atoms with Crippen LogP contribution in [0, 0.1) is 5.92 Å². The van der Waals surface area contributed by atoms with Gasteiger partial charge in [0.1, 0.15) is 0 Å². The van der Waals surface area contributed by atoms with Gasteiger partial charge in [-0.3, -0.25) is 0 Å². The lowest BCUT2D eigenvalue weighted by atomic mass is 10.2. The summed E-state index contributed by atoms with van der Waals surface area (Å²) in [7, 11) is 0. The van der Waals surface area contributed by atoms with Gasteiger partial charge in [0.25, 0.3) is 0 Å². The van der Waals surface area contributed by atoms with E-state index >= 15 is 0 Å². The number of aromatic carboxylic acids is 1. The molecule has 1 aromatic carbocycles. The second kappa shape index (κ2) is 6.20. The fourth-order valence-corrected chi connectivity index (χ4v) is 2.15. The van der Waals surface area contributed by atoms with Gasteiger partial charge in [-0.1, -0.05) is 0 Å². The molecule has 2 rings (SSSR count). The number of carboxylic acids is 1. The van der Waals surface area contributed by atoms with E-state index in [1.54, 1.807) is 18.2 Å². The Balaban J connectivity index is 1.74. The maximum absolute atomic E-state index is 10.8. The van der Waals surface area contributed by atoms with Crippen molar-refractivity contribution in [2.45, 2.75) is 12.8 Å². The minimum Gasteiger partial charge on any atom is -0.478 e. The Labute approximate surface area is 114 Å². The van der Waals surface area contributed by atoms with Gasteiger partial charge in [0.05, 0.1) is 12.2 Å². The SMILES string of the molecule is O=C(O)c1ccc(NCCOCC2CC2)cc1Br. The summed E-state index contributed by atoms with van der Waals surface area (Å²) in [4.78, 5) is 10.8. The first-order valence-electron chi connectivity index (χ1n) is 6.01. The highest BCUT2D eigenvalue weighted by molar-refractivity contribution is 9.10. The molecule has 1 aliphatic carbocycles. The smallest absolute Gasteiger partial charge is 0.336 e. The second-order valence-electron chi connectivity index (χ2n) is 4.44. The standard InChI is InChI=1S/C13H16BrNO3/c14-12-7-10(3-4-11(12)13(16)17)15-5-6-18-8-9-1-2-9/h3-4,7,9,15H,1-2,5-6,8H2,(H,16,17). The van der Waals surface area contributed by atoms with Crippen molar-refractivity contribution in [3.05, 3.63) is 28.2 Å². The highest BCUT2D eigenvalue weighted by atomic mass is 79.9. The summed E-state index contributed by atoms with van der Waals surface area (Å²) in [5.41, 5.74) is 1.16. The number of ether oxygens (including phenoxy) is 1. The van der Waals surface area contributed by atoms with E-state index in [4.69, 9.17) is 9.84 Å². The predicted octanol–water partition coefficient (Wildman–Crippen LogP) is 2.99. The van der Waals surface area contributed by atoms with Crippen LogP contribution in [0.2, 0.25) is 0 Å². The molecule has 18 heavy (non-hydrogen) atoms. The molecule has 2 N–H and O–H groups in total. The molecule has 0 atom stereocenters. The summed E-state index contributed by atoms with van der Waals surface area (Å²) in [5, 5.41) is 12.1. The number of carbonyl (C=O) groups is 1. The minimum atomic E-state index is -0.929. The van der Waals surface area contributed by atoms with Gasteiger partial charge in [-0.15, -0.1) is 0 Å². The quantitative estimate of drug-likeness (QED) is 0.760. The van der Waals surface area contributed by atoms with Gasteiger partial charge < -0.3 is 15.2 Å². The van der Waals surface area contributed by atoms with Gasteiger partial charge in [0.2, 0.25) is 0 Å². The monoisotopic (exact) mass is 313 g/mol. The van der Waals surface area contributed by atoms with Crippen LogP contribution < -0.4 is 5.32 Å². The molecule has 0 radical (unpaired) electrons. The van der Waals surface area contributed by atoms with Crippen molar-refractivity contribution < 1.29 is 14.6 Å². The largest absolute Gasteiger partial charge is 0.478 e. The molecule has 0 unspecified atom stereocenters. The first-order valence-corrected chi connectivity index (χ1v) is 6.80. The highest BCUT2D eigenvalue weighted by Crippen LogP contribution is 2.28. The number of hydrogen-bond acceptors (Lipinski definition) is 3. The Morgan fingerprint density at radius 2 is 2.28 bits per heavy atom. The van der Waals surface area contributed by atoms with Gasteiger partial charge in [-0.2, -0.15) is 0 Å². The number of hydrogen-bond donors (Lipinski definition) is 2. The molecule has 0 bridgehead atoms. The Bertz CT molecular complexity index is 432. The van der Waals surface area contributed by atoms with Gasteiger partial charge >= 0.3 is 5.97 Å². The molecule has 0 aromatic heterocycles. The first-order chi connectivity index (χ1) is 8.66. The average molecular weight is 314 g/mol. The van der Waals surface area contributed by atoms with Crippen LogP contribution >= 0.6 is 15.9 Å². The lowest BCUT2D eigenvalue weighted by Crippen LogP contribution is -2.11. The Hall–Kier alpha value is -1.07. The summed E-state index contributed by atoms with van der Waals surface area (Å²) in [6.07, 6.45) is 2.61. The summed E-state index contributed by atoms with van der Waals surface area (Å²) in [6, 6.07) is 5.11.